The normalized spacial score (nSPS) is 12.4. The highest BCUT2D eigenvalue weighted by Crippen LogP contribution is 1.93. The monoisotopic (exact) mass is 137 g/mol. The molecule has 1 N–H and O–H groups in total. The molecule has 1 nitrogen and oxygen atoms in total. The molecule has 56 valence electrons. The third kappa shape index (κ3) is 5.32. The highest BCUT2D eigenvalue weighted by Gasteiger charge is 1.75. The van der Waals surface area contributed by atoms with Crippen LogP contribution in [0, 0.1) is 0 Å². The second-order valence-corrected chi connectivity index (χ2v) is 2.11. The molecule has 0 amide bonds. The van der Waals surface area contributed by atoms with Crippen molar-refractivity contribution in [3.05, 3.63) is 36.5 Å². The van der Waals surface area contributed by atoms with Crippen molar-refractivity contribution in [2.75, 3.05) is 13.6 Å². The largest absolute Gasteiger partial charge is 0.316 e. The molecule has 0 aromatic heterocycles. The van der Waals surface area contributed by atoms with E-state index in [0.717, 1.165) is 6.54 Å². The van der Waals surface area contributed by atoms with Crippen molar-refractivity contribution < 1.29 is 0 Å². The Morgan fingerprint density at radius 1 is 1.60 bits per heavy atom. The lowest BCUT2D eigenvalue weighted by atomic mass is 10.2. The predicted molar refractivity (Wildman–Crippen MR) is 47.0 cm³/mol. The summed E-state index contributed by atoms with van der Waals surface area (Å²) < 4.78 is 0. The maximum absolute atomic E-state index is 3.60. The zero-order chi connectivity index (χ0) is 7.82. The molecule has 0 saturated carbocycles. The van der Waals surface area contributed by atoms with E-state index >= 15 is 0 Å². The molecule has 0 aliphatic carbocycles. The van der Waals surface area contributed by atoms with Crippen LogP contribution in [-0.4, -0.2) is 13.6 Å². The third-order valence-electron chi connectivity index (χ3n) is 1.08. The van der Waals surface area contributed by atoms with Gasteiger partial charge in [-0.25, -0.2) is 0 Å². The summed E-state index contributed by atoms with van der Waals surface area (Å²) in [6.07, 6.45) is 7.92. The van der Waals surface area contributed by atoms with E-state index in [1.807, 2.05) is 20.0 Å². The van der Waals surface area contributed by atoms with E-state index in [1.54, 1.807) is 6.08 Å². The highest BCUT2D eigenvalue weighted by molar-refractivity contribution is 5.20. The van der Waals surface area contributed by atoms with Gasteiger partial charge in [0, 0.05) is 6.54 Å². The molecule has 0 bridgehead atoms. The average molecular weight is 137 g/mol. The van der Waals surface area contributed by atoms with Crippen LogP contribution in [0.2, 0.25) is 0 Å². The van der Waals surface area contributed by atoms with Gasteiger partial charge in [-0.2, -0.15) is 0 Å². The van der Waals surface area contributed by atoms with Gasteiger partial charge >= 0.3 is 0 Å². The minimum atomic E-state index is 0.919. The topological polar surface area (TPSA) is 12.0 Å². The maximum atomic E-state index is 3.60. The fourth-order valence-electron chi connectivity index (χ4n) is 0.604. The van der Waals surface area contributed by atoms with Crippen LogP contribution in [0.1, 0.15) is 6.92 Å². The van der Waals surface area contributed by atoms with Crippen molar-refractivity contribution >= 4 is 0 Å². The minimum absolute atomic E-state index is 0.919. The summed E-state index contributed by atoms with van der Waals surface area (Å²) in [5.74, 6) is 0. The van der Waals surface area contributed by atoms with Gasteiger partial charge in [0.1, 0.15) is 0 Å². The van der Waals surface area contributed by atoms with E-state index in [2.05, 4.69) is 24.0 Å². The number of allylic oxidation sites excluding steroid dienone is 4. The van der Waals surface area contributed by atoms with Gasteiger partial charge in [-0.15, -0.1) is 0 Å². The predicted octanol–water partition coefficient (Wildman–Crippen LogP) is 1.89. The standard InChI is InChI=1S/C9H15N/c1-4-6-9(2)7-5-8-10-3/h4-7,10H,1,8H2,2-3H3/b7-5-,9-6-. The summed E-state index contributed by atoms with van der Waals surface area (Å²) in [5.41, 5.74) is 1.23. The SMILES string of the molecule is C=C/C=C(C)\C=C/CNC. The van der Waals surface area contributed by atoms with Crippen LogP contribution in [0.3, 0.4) is 0 Å². The Kier molecular flexibility index (Phi) is 5.79. The summed E-state index contributed by atoms with van der Waals surface area (Å²) in [6.45, 7) is 6.57. The lowest BCUT2D eigenvalue weighted by Gasteiger charge is -1.89. The van der Waals surface area contributed by atoms with Crippen molar-refractivity contribution in [2.45, 2.75) is 6.92 Å². The van der Waals surface area contributed by atoms with Gasteiger partial charge in [0.05, 0.1) is 0 Å². The van der Waals surface area contributed by atoms with Gasteiger partial charge in [0.25, 0.3) is 0 Å². The number of likely N-dealkylation sites (N-methyl/N-ethyl adjacent to an activating group) is 1. The molecular formula is C9H15N. The van der Waals surface area contributed by atoms with Crippen LogP contribution < -0.4 is 5.32 Å². The summed E-state index contributed by atoms with van der Waals surface area (Å²) >= 11 is 0. The molecule has 0 saturated heterocycles. The molecule has 0 heterocycles. The summed E-state index contributed by atoms with van der Waals surface area (Å²) in [5, 5.41) is 3.03. The second kappa shape index (κ2) is 6.30. The molecule has 0 aliphatic heterocycles. The molecule has 0 atom stereocenters. The number of rotatable bonds is 4. The first-order valence-electron chi connectivity index (χ1n) is 3.41. The van der Waals surface area contributed by atoms with Crippen molar-refractivity contribution in [1.82, 2.24) is 5.32 Å². The van der Waals surface area contributed by atoms with Crippen molar-refractivity contribution in [3.63, 3.8) is 0 Å². The first-order chi connectivity index (χ1) is 4.81. The van der Waals surface area contributed by atoms with E-state index in [9.17, 15) is 0 Å². The molecule has 0 fully saturated rings. The van der Waals surface area contributed by atoms with Crippen molar-refractivity contribution in [1.29, 1.82) is 0 Å². The molecular weight excluding hydrogens is 122 g/mol. The van der Waals surface area contributed by atoms with E-state index in [4.69, 9.17) is 0 Å². The Labute approximate surface area is 63.1 Å². The van der Waals surface area contributed by atoms with E-state index in [1.165, 1.54) is 5.57 Å². The molecule has 0 rings (SSSR count). The zero-order valence-corrected chi connectivity index (χ0v) is 6.72. The van der Waals surface area contributed by atoms with Gasteiger partial charge in [0.2, 0.25) is 0 Å². The second-order valence-electron chi connectivity index (χ2n) is 2.11. The Morgan fingerprint density at radius 3 is 2.80 bits per heavy atom. The Hall–Kier alpha value is -0.820. The fraction of sp³-hybridized carbons (Fsp3) is 0.333. The Bertz CT molecular complexity index is 143. The lowest BCUT2D eigenvalue weighted by Crippen LogP contribution is -2.03. The van der Waals surface area contributed by atoms with Gasteiger partial charge in [-0.05, 0) is 14.0 Å². The first-order valence-corrected chi connectivity index (χ1v) is 3.41. The Balaban J connectivity index is 3.65. The van der Waals surface area contributed by atoms with Crippen molar-refractivity contribution in [2.24, 2.45) is 0 Å². The van der Waals surface area contributed by atoms with E-state index in [-0.39, 0.29) is 0 Å². The number of nitrogens with one attached hydrogen (secondary N) is 1. The van der Waals surface area contributed by atoms with Gasteiger partial charge in [0.15, 0.2) is 0 Å². The molecule has 0 radical (unpaired) electrons. The van der Waals surface area contributed by atoms with E-state index in [0.29, 0.717) is 0 Å². The molecule has 0 unspecified atom stereocenters. The van der Waals surface area contributed by atoms with Crippen LogP contribution in [0.5, 0.6) is 0 Å². The quantitative estimate of drug-likeness (QED) is 0.583. The maximum Gasteiger partial charge on any atom is 0.0135 e. The van der Waals surface area contributed by atoms with Gasteiger partial charge < -0.3 is 5.32 Å². The van der Waals surface area contributed by atoms with Crippen LogP contribution >= 0.6 is 0 Å². The molecule has 0 aromatic carbocycles. The minimum Gasteiger partial charge on any atom is -0.316 e. The van der Waals surface area contributed by atoms with Crippen LogP contribution in [0.4, 0.5) is 0 Å². The summed E-state index contributed by atoms with van der Waals surface area (Å²) in [6, 6.07) is 0. The summed E-state index contributed by atoms with van der Waals surface area (Å²) in [7, 11) is 1.93. The summed E-state index contributed by atoms with van der Waals surface area (Å²) in [4.78, 5) is 0. The molecule has 1 heteroatoms. The Morgan fingerprint density at radius 2 is 2.30 bits per heavy atom. The van der Waals surface area contributed by atoms with Gasteiger partial charge in [-0.1, -0.05) is 36.5 Å². The van der Waals surface area contributed by atoms with Gasteiger partial charge in [-0.3, -0.25) is 0 Å². The third-order valence-corrected chi connectivity index (χ3v) is 1.08. The lowest BCUT2D eigenvalue weighted by molar-refractivity contribution is 0.919. The highest BCUT2D eigenvalue weighted by atomic mass is 14.8. The fourth-order valence-corrected chi connectivity index (χ4v) is 0.604. The van der Waals surface area contributed by atoms with Crippen LogP contribution in [0.25, 0.3) is 0 Å². The van der Waals surface area contributed by atoms with Crippen molar-refractivity contribution in [3.8, 4) is 0 Å². The average Bonchev–Trinajstić information content (AvgIpc) is 1.89. The number of hydrogen-bond acceptors (Lipinski definition) is 1. The van der Waals surface area contributed by atoms with E-state index < -0.39 is 0 Å². The molecule has 0 aliphatic rings. The first kappa shape index (κ1) is 9.18. The van der Waals surface area contributed by atoms with Crippen LogP contribution in [-0.2, 0) is 0 Å². The smallest absolute Gasteiger partial charge is 0.0135 e. The number of hydrogen-bond donors (Lipinski definition) is 1. The zero-order valence-electron chi connectivity index (χ0n) is 6.72. The van der Waals surface area contributed by atoms with Crippen LogP contribution in [0.15, 0.2) is 36.5 Å². The molecule has 0 spiro atoms. The molecule has 10 heavy (non-hydrogen) atoms. The molecule has 0 aromatic rings.